The van der Waals surface area contributed by atoms with Crippen molar-refractivity contribution in [2.24, 2.45) is 5.73 Å². The van der Waals surface area contributed by atoms with Gasteiger partial charge in [0.25, 0.3) is 0 Å². The van der Waals surface area contributed by atoms with Gasteiger partial charge in [-0.2, -0.15) is 0 Å². The van der Waals surface area contributed by atoms with Crippen LogP contribution in [0.3, 0.4) is 0 Å². The topological polar surface area (TPSA) is 70.8 Å². The third-order valence-electron chi connectivity index (χ3n) is 4.21. The molecule has 0 aliphatic carbocycles. The molecular weight excluding hydrogens is 281 g/mol. The zero-order chi connectivity index (χ0) is 17.2. The van der Waals surface area contributed by atoms with Crippen LogP contribution in [0.5, 0.6) is 0 Å². The average Bonchev–Trinajstić information content (AvgIpc) is 2.51. The van der Waals surface area contributed by atoms with E-state index in [2.05, 4.69) is 0 Å². The molecule has 1 saturated heterocycles. The van der Waals surface area contributed by atoms with Crippen molar-refractivity contribution in [3.8, 4) is 0 Å². The Hall–Kier alpha value is -0.585. The van der Waals surface area contributed by atoms with Crippen LogP contribution in [0.15, 0.2) is 0 Å². The van der Waals surface area contributed by atoms with Crippen molar-refractivity contribution in [1.29, 1.82) is 0 Å². The van der Waals surface area contributed by atoms with E-state index in [0.29, 0.717) is 6.42 Å². The first-order valence-electron chi connectivity index (χ1n) is 8.17. The fourth-order valence-electron chi connectivity index (χ4n) is 2.24. The summed E-state index contributed by atoms with van der Waals surface area (Å²) in [4.78, 5) is 11.6. The predicted octanol–water partition coefficient (Wildman–Crippen LogP) is 2.85. The molecule has 6 heteroatoms. The van der Waals surface area contributed by atoms with E-state index in [1.807, 2.05) is 48.5 Å². The van der Waals surface area contributed by atoms with Crippen molar-refractivity contribution in [2.45, 2.75) is 96.9 Å². The number of esters is 1. The van der Waals surface area contributed by atoms with Crippen molar-refractivity contribution in [2.75, 3.05) is 0 Å². The average molecular weight is 313 g/mol. The summed E-state index contributed by atoms with van der Waals surface area (Å²) in [6.07, 6.45) is 2.81. The Kier molecular flexibility index (Phi) is 6.10. The van der Waals surface area contributed by atoms with Crippen molar-refractivity contribution in [3.05, 3.63) is 0 Å². The molecule has 1 atom stereocenters. The summed E-state index contributed by atoms with van der Waals surface area (Å²) >= 11 is 0. The number of hydrogen-bond acceptors (Lipinski definition) is 5. The maximum Gasteiger partial charge on any atom is 0.475 e. The molecule has 0 unspecified atom stereocenters. The summed E-state index contributed by atoms with van der Waals surface area (Å²) in [5.41, 5.74) is 5.04. The van der Waals surface area contributed by atoms with E-state index in [9.17, 15) is 4.79 Å². The van der Waals surface area contributed by atoms with E-state index in [-0.39, 0.29) is 30.2 Å². The third kappa shape index (κ3) is 5.56. The van der Waals surface area contributed by atoms with Gasteiger partial charge in [0, 0.05) is 12.4 Å². The van der Waals surface area contributed by atoms with E-state index in [0.717, 1.165) is 19.3 Å². The summed E-state index contributed by atoms with van der Waals surface area (Å²) in [6, 6.07) is 0. The number of ether oxygens (including phenoxy) is 1. The molecule has 1 aliphatic rings. The highest BCUT2D eigenvalue weighted by molar-refractivity contribution is 6.47. The molecule has 128 valence electrons. The molecule has 0 saturated carbocycles. The zero-order valence-electron chi connectivity index (χ0n) is 15.2. The van der Waals surface area contributed by atoms with E-state index in [1.54, 1.807) is 0 Å². The Balaban J connectivity index is 2.28. The van der Waals surface area contributed by atoms with E-state index < -0.39 is 5.60 Å². The minimum absolute atomic E-state index is 0.156. The molecule has 0 bridgehead atoms. The highest BCUT2D eigenvalue weighted by atomic mass is 16.7. The van der Waals surface area contributed by atoms with Gasteiger partial charge in [0.05, 0.1) is 11.2 Å². The minimum Gasteiger partial charge on any atom is -0.460 e. The van der Waals surface area contributed by atoms with Crippen LogP contribution < -0.4 is 5.73 Å². The quantitative estimate of drug-likeness (QED) is 0.464. The molecule has 0 aromatic carbocycles. The second-order valence-electron chi connectivity index (χ2n) is 8.12. The molecule has 1 aliphatic heterocycles. The second kappa shape index (κ2) is 6.89. The van der Waals surface area contributed by atoms with Gasteiger partial charge in [0.15, 0.2) is 0 Å². The number of carbonyl (C=O) groups is 1. The first kappa shape index (κ1) is 19.5. The lowest BCUT2D eigenvalue weighted by atomic mass is 9.76. The van der Waals surface area contributed by atoms with Crippen molar-refractivity contribution in [1.82, 2.24) is 0 Å². The second-order valence-corrected chi connectivity index (χ2v) is 8.12. The van der Waals surface area contributed by atoms with Crippen molar-refractivity contribution in [3.63, 3.8) is 0 Å². The van der Waals surface area contributed by atoms with Gasteiger partial charge >= 0.3 is 13.1 Å². The lowest BCUT2D eigenvalue weighted by Gasteiger charge is -2.32. The molecule has 0 spiro atoms. The van der Waals surface area contributed by atoms with Gasteiger partial charge in [0.1, 0.15) is 5.60 Å². The summed E-state index contributed by atoms with van der Waals surface area (Å²) < 4.78 is 17.1. The van der Waals surface area contributed by atoms with Crippen LogP contribution in [0.2, 0.25) is 0 Å². The first-order chi connectivity index (χ1) is 9.84. The van der Waals surface area contributed by atoms with Crippen LogP contribution in [0.1, 0.15) is 74.1 Å². The van der Waals surface area contributed by atoms with Gasteiger partial charge in [-0.05, 0) is 61.3 Å². The highest BCUT2D eigenvalue weighted by Gasteiger charge is 2.52. The summed E-state index contributed by atoms with van der Waals surface area (Å²) in [5.74, 6) is -0.337. The largest absolute Gasteiger partial charge is 0.475 e. The molecule has 2 N–H and O–H groups in total. The van der Waals surface area contributed by atoms with Gasteiger partial charge < -0.3 is 19.8 Å². The molecule has 0 aromatic heterocycles. The maximum absolute atomic E-state index is 11.6. The Morgan fingerprint density at radius 1 is 1.14 bits per heavy atom. The fourth-order valence-corrected chi connectivity index (χ4v) is 2.24. The first-order valence-corrected chi connectivity index (χ1v) is 8.17. The zero-order valence-corrected chi connectivity index (χ0v) is 15.2. The molecular formula is C16H32BNO4. The van der Waals surface area contributed by atoms with Crippen LogP contribution in [-0.2, 0) is 18.8 Å². The van der Waals surface area contributed by atoms with Crippen molar-refractivity contribution < 1.29 is 18.8 Å². The van der Waals surface area contributed by atoms with Crippen molar-refractivity contribution >= 4 is 13.1 Å². The predicted molar refractivity (Wildman–Crippen MR) is 88.4 cm³/mol. The maximum atomic E-state index is 11.6. The standard InChI is InChI=1S/C16H32BNO4/c1-14(2,3)20-13(19)11-9-8-10-12(18)17-21-15(4,5)16(6,7)22-17/h12H,8-11,18H2,1-7H3/t12-/m0/s1. The normalized spacial score (nSPS) is 21.7. The third-order valence-corrected chi connectivity index (χ3v) is 4.21. The van der Waals surface area contributed by atoms with Gasteiger partial charge in [0.2, 0.25) is 0 Å². The Labute approximate surface area is 135 Å². The molecule has 1 heterocycles. The molecule has 0 radical (unpaired) electrons. The van der Waals surface area contributed by atoms with Gasteiger partial charge in [-0.15, -0.1) is 0 Å². The van der Waals surface area contributed by atoms with Crippen LogP contribution in [-0.4, -0.2) is 35.8 Å². The molecule has 5 nitrogen and oxygen atoms in total. The molecule has 1 rings (SSSR count). The smallest absolute Gasteiger partial charge is 0.460 e. The highest BCUT2D eigenvalue weighted by Crippen LogP contribution is 2.37. The Bertz CT molecular complexity index is 374. The van der Waals surface area contributed by atoms with Gasteiger partial charge in [-0.3, -0.25) is 4.79 Å². The van der Waals surface area contributed by atoms with E-state index >= 15 is 0 Å². The fraction of sp³-hybridized carbons (Fsp3) is 0.938. The van der Waals surface area contributed by atoms with Gasteiger partial charge in [-0.1, -0.05) is 6.42 Å². The number of nitrogens with two attached hydrogens (primary N) is 1. The number of hydrogen-bond donors (Lipinski definition) is 1. The van der Waals surface area contributed by atoms with E-state index in [4.69, 9.17) is 19.8 Å². The van der Waals surface area contributed by atoms with Crippen LogP contribution in [0.25, 0.3) is 0 Å². The summed E-state index contributed by atoms with van der Waals surface area (Å²) in [7, 11) is -0.383. The monoisotopic (exact) mass is 313 g/mol. The minimum atomic E-state index is -0.420. The lowest BCUT2D eigenvalue weighted by Crippen LogP contribution is -2.41. The van der Waals surface area contributed by atoms with Gasteiger partial charge in [-0.25, -0.2) is 0 Å². The number of unbranched alkanes of at least 4 members (excludes halogenated alkanes) is 1. The van der Waals surface area contributed by atoms with Crippen LogP contribution in [0, 0.1) is 0 Å². The summed E-state index contributed by atoms with van der Waals surface area (Å²) in [6.45, 7) is 13.7. The number of carbonyl (C=O) groups excluding carboxylic acids is 1. The Morgan fingerprint density at radius 3 is 2.09 bits per heavy atom. The molecule has 1 fully saturated rings. The lowest BCUT2D eigenvalue weighted by molar-refractivity contribution is -0.154. The number of rotatable bonds is 6. The SMILES string of the molecule is CC(C)(C)OC(=O)CCCC[C@H](N)B1OC(C)(C)C(C)(C)O1. The van der Waals surface area contributed by atoms with Crippen LogP contribution in [0.4, 0.5) is 0 Å². The Morgan fingerprint density at radius 2 is 1.64 bits per heavy atom. The van der Waals surface area contributed by atoms with Crippen LogP contribution >= 0.6 is 0 Å². The molecule has 0 amide bonds. The molecule has 22 heavy (non-hydrogen) atoms. The van der Waals surface area contributed by atoms with E-state index in [1.165, 1.54) is 0 Å². The summed E-state index contributed by atoms with van der Waals surface area (Å²) in [5, 5.41) is 0. The molecule has 0 aromatic rings.